The molecule has 5 nitrogen and oxygen atoms in total. The van der Waals surface area contributed by atoms with E-state index in [1.165, 1.54) is 11.8 Å². The van der Waals surface area contributed by atoms with Gasteiger partial charge in [0.05, 0.1) is 6.61 Å². The molecule has 0 aliphatic carbocycles. The Kier molecular flexibility index (Phi) is 4.21. The number of nitrogens with zero attached hydrogens (tertiary/aromatic N) is 2. The molecule has 0 aliphatic heterocycles. The third-order valence-electron chi connectivity index (χ3n) is 1.21. The number of nitrogens with one attached hydrogen (secondary N) is 1. The largest absolute Gasteiger partial charge is 0.411 e. The van der Waals surface area contributed by atoms with Crippen molar-refractivity contribution in [2.24, 2.45) is 0 Å². The van der Waals surface area contributed by atoms with E-state index < -0.39 is 12.8 Å². The van der Waals surface area contributed by atoms with Crippen molar-refractivity contribution in [1.82, 2.24) is 15.2 Å². The molecule has 1 rings (SSSR count). The molecule has 0 radical (unpaired) electrons. The Balaban J connectivity index is 2.07. The van der Waals surface area contributed by atoms with Crippen LogP contribution in [0.5, 0.6) is 0 Å². The number of hydrogen-bond donors (Lipinski definition) is 2. The lowest BCUT2D eigenvalue weighted by Crippen LogP contribution is -2.17. The molecule has 1 aromatic rings. The molecule has 86 valence electrons. The molecule has 15 heavy (non-hydrogen) atoms. The van der Waals surface area contributed by atoms with Gasteiger partial charge >= 0.3 is 6.18 Å². The van der Waals surface area contributed by atoms with E-state index in [1.807, 2.05) is 0 Å². The Morgan fingerprint density at radius 3 is 2.73 bits per heavy atom. The minimum atomic E-state index is -4.28. The molecule has 0 saturated carbocycles. The fourth-order valence-corrected chi connectivity index (χ4v) is 1.36. The van der Waals surface area contributed by atoms with Crippen LogP contribution in [-0.4, -0.2) is 40.3 Å². The number of halogens is 3. The lowest BCUT2D eigenvalue weighted by atomic mass is 10.7. The van der Waals surface area contributed by atoms with Crippen LogP contribution in [0.2, 0.25) is 0 Å². The summed E-state index contributed by atoms with van der Waals surface area (Å²) in [6.45, 7) is -1.25. The van der Waals surface area contributed by atoms with Crippen LogP contribution in [0.1, 0.15) is 0 Å². The number of hydrogen-bond acceptors (Lipinski definition) is 5. The van der Waals surface area contributed by atoms with Crippen LogP contribution in [0.4, 0.5) is 19.1 Å². The minimum absolute atomic E-state index is 0.0153. The highest BCUT2D eigenvalue weighted by molar-refractivity contribution is 7.99. The summed E-state index contributed by atoms with van der Waals surface area (Å²) in [4.78, 5) is 3.75. The Morgan fingerprint density at radius 2 is 2.20 bits per heavy atom. The molecule has 1 aromatic heterocycles. The molecular weight excluding hydrogens is 233 g/mol. The zero-order valence-corrected chi connectivity index (χ0v) is 8.36. The molecular formula is C6H9F3N4OS. The summed E-state index contributed by atoms with van der Waals surface area (Å²) < 4.78 is 39.3. The van der Waals surface area contributed by atoms with Crippen molar-refractivity contribution in [3.05, 3.63) is 0 Å². The van der Waals surface area contributed by atoms with Crippen LogP contribution in [0, 0.1) is 0 Å². The molecule has 0 spiro atoms. The second-order valence-electron chi connectivity index (χ2n) is 2.52. The molecule has 0 fully saturated rings. The van der Waals surface area contributed by atoms with E-state index in [0.717, 1.165) is 0 Å². The molecule has 0 aromatic carbocycles. The molecule has 0 atom stereocenters. The quantitative estimate of drug-likeness (QED) is 0.596. The first-order valence-corrected chi connectivity index (χ1v) is 4.91. The summed E-state index contributed by atoms with van der Waals surface area (Å²) in [7, 11) is 0. The van der Waals surface area contributed by atoms with Gasteiger partial charge in [-0.2, -0.15) is 18.2 Å². The smallest absolute Gasteiger partial charge is 0.371 e. The van der Waals surface area contributed by atoms with Crippen molar-refractivity contribution in [1.29, 1.82) is 0 Å². The summed E-state index contributed by atoms with van der Waals surface area (Å²) >= 11 is 1.17. The fraction of sp³-hybridized carbons (Fsp3) is 0.667. The van der Waals surface area contributed by atoms with Crippen molar-refractivity contribution in [2.45, 2.75) is 11.3 Å². The van der Waals surface area contributed by atoms with Gasteiger partial charge in [-0.05, 0) is 0 Å². The van der Waals surface area contributed by atoms with E-state index >= 15 is 0 Å². The summed E-state index contributed by atoms with van der Waals surface area (Å²) in [5.74, 6) is 0.515. The number of H-pyrrole nitrogens is 1. The first-order chi connectivity index (χ1) is 6.97. The number of aromatic amines is 1. The Labute approximate surface area is 87.6 Å². The average molecular weight is 242 g/mol. The molecule has 9 heteroatoms. The van der Waals surface area contributed by atoms with Crippen LogP contribution in [0.3, 0.4) is 0 Å². The van der Waals surface area contributed by atoms with Crippen LogP contribution >= 0.6 is 11.8 Å². The highest BCUT2D eigenvalue weighted by Crippen LogP contribution is 2.16. The van der Waals surface area contributed by atoms with E-state index in [9.17, 15) is 13.2 Å². The number of aromatic nitrogens is 3. The predicted octanol–water partition coefficient (Wildman–Crippen LogP) is 1.06. The molecule has 0 unspecified atom stereocenters. The molecule has 0 bridgehead atoms. The number of rotatable bonds is 5. The van der Waals surface area contributed by atoms with E-state index in [2.05, 4.69) is 19.9 Å². The van der Waals surface area contributed by atoms with Gasteiger partial charge in [0.2, 0.25) is 11.1 Å². The maximum atomic E-state index is 11.6. The molecule has 0 saturated heterocycles. The number of nitrogen functional groups attached to an aromatic ring is 1. The molecule has 3 N–H and O–H groups in total. The Hall–Kier alpha value is -0.960. The number of anilines is 1. The fourth-order valence-electron chi connectivity index (χ4n) is 0.702. The van der Waals surface area contributed by atoms with Crippen molar-refractivity contribution < 1.29 is 17.9 Å². The van der Waals surface area contributed by atoms with E-state index in [4.69, 9.17) is 5.73 Å². The topological polar surface area (TPSA) is 76.8 Å². The van der Waals surface area contributed by atoms with E-state index in [-0.39, 0.29) is 12.6 Å². The van der Waals surface area contributed by atoms with Gasteiger partial charge in [0, 0.05) is 5.75 Å². The number of thioether (sulfide) groups is 1. The van der Waals surface area contributed by atoms with Gasteiger partial charge in [-0.1, -0.05) is 11.8 Å². The summed E-state index contributed by atoms with van der Waals surface area (Å²) in [5, 5.41) is 6.49. The van der Waals surface area contributed by atoms with Gasteiger partial charge in [-0.3, -0.25) is 0 Å². The first-order valence-electron chi connectivity index (χ1n) is 3.92. The minimum Gasteiger partial charge on any atom is -0.371 e. The molecule has 0 amide bonds. The van der Waals surface area contributed by atoms with Crippen molar-refractivity contribution in [3.8, 4) is 0 Å². The van der Waals surface area contributed by atoms with Crippen molar-refractivity contribution in [2.75, 3.05) is 24.7 Å². The highest BCUT2D eigenvalue weighted by Gasteiger charge is 2.27. The maximum absolute atomic E-state index is 11.6. The van der Waals surface area contributed by atoms with E-state index in [0.29, 0.717) is 10.9 Å². The third-order valence-corrected chi connectivity index (χ3v) is 2.02. The summed E-state index contributed by atoms with van der Waals surface area (Å²) in [6, 6.07) is 0. The van der Waals surface area contributed by atoms with Gasteiger partial charge in [0.15, 0.2) is 0 Å². The van der Waals surface area contributed by atoms with Crippen molar-refractivity contribution in [3.63, 3.8) is 0 Å². The SMILES string of the molecule is Nc1nc(SCCOCC(F)(F)F)n[nH]1. The third kappa shape index (κ3) is 5.47. The highest BCUT2D eigenvalue weighted by atomic mass is 32.2. The van der Waals surface area contributed by atoms with Crippen molar-refractivity contribution >= 4 is 17.7 Å². The van der Waals surface area contributed by atoms with Gasteiger partial charge in [-0.15, -0.1) is 5.10 Å². The average Bonchev–Trinajstić information content (AvgIpc) is 2.49. The monoisotopic (exact) mass is 242 g/mol. The number of nitrogens with two attached hydrogens (primary N) is 1. The van der Waals surface area contributed by atoms with Gasteiger partial charge in [0.1, 0.15) is 6.61 Å². The Morgan fingerprint density at radius 1 is 1.47 bits per heavy atom. The van der Waals surface area contributed by atoms with Gasteiger partial charge in [0.25, 0.3) is 0 Å². The number of alkyl halides is 3. The lowest BCUT2D eigenvalue weighted by Gasteiger charge is -2.06. The lowest BCUT2D eigenvalue weighted by molar-refractivity contribution is -0.172. The zero-order chi connectivity index (χ0) is 11.3. The van der Waals surface area contributed by atoms with Gasteiger partial charge in [-0.25, -0.2) is 5.10 Å². The second kappa shape index (κ2) is 5.21. The molecule has 1 heterocycles. The zero-order valence-electron chi connectivity index (χ0n) is 7.54. The molecule has 0 aliphatic rings. The second-order valence-corrected chi connectivity index (χ2v) is 3.58. The Bertz CT molecular complexity index is 303. The van der Waals surface area contributed by atoms with E-state index in [1.54, 1.807) is 0 Å². The maximum Gasteiger partial charge on any atom is 0.411 e. The van der Waals surface area contributed by atoms with Crippen LogP contribution in [0.15, 0.2) is 5.16 Å². The first kappa shape index (κ1) is 12.1. The standard InChI is InChI=1S/C6H9F3N4OS/c7-6(8,9)3-14-1-2-15-5-11-4(10)12-13-5/h1-3H2,(H3,10,11,12,13). The predicted molar refractivity (Wildman–Crippen MR) is 48.4 cm³/mol. The van der Waals surface area contributed by atoms with Crippen LogP contribution in [0.25, 0.3) is 0 Å². The normalized spacial score (nSPS) is 11.9. The van der Waals surface area contributed by atoms with Gasteiger partial charge < -0.3 is 10.5 Å². The van der Waals surface area contributed by atoms with Crippen LogP contribution < -0.4 is 5.73 Å². The van der Waals surface area contributed by atoms with Crippen LogP contribution in [-0.2, 0) is 4.74 Å². The number of ether oxygens (including phenoxy) is 1. The summed E-state index contributed by atoms with van der Waals surface area (Å²) in [6.07, 6.45) is -4.28. The summed E-state index contributed by atoms with van der Waals surface area (Å²) in [5.41, 5.74) is 5.24.